The van der Waals surface area contributed by atoms with Crippen molar-refractivity contribution in [3.05, 3.63) is 42.0 Å². The third kappa shape index (κ3) is 2.34. The molecular formula is C17H15FN4O2. The van der Waals surface area contributed by atoms with E-state index in [0.29, 0.717) is 35.9 Å². The lowest BCUT2D eigenvalue weighted by Gasteiger charge is -2.19. The zero-order chi connectivity index (χ0) is 16.7. The number of hydrogen-bond acceptors (Lipinski definition) is 5. The number of benzene rings is 1. The van der Waals surface area contributed by atoms with Crippen LogP contribution in [0.25, 0.3) is 22.5 Å². The second-order valence-electron chi connectivity index (χ2n) is 5.48. The number of hydrogen-bond donors (Lipinski definition) is 2. The minimum absolute atomic E-state index is 0.115. The van der Waals surface area contributed by atoms with Gasteiger partial charge >= 0.3 is 0 Å². The normalized spacial score (nSPS) is 13.1. The van der Waals surface area contributed by atoms with E-state index in [0.717, 1.165) is 11.3 Å². The average Bonchev–Trinajstić information content (AvgIpc) is 2.97. The molecule has 2 aromatic heterocycles. The molecule has 122 valence electrons. The highest BCUT2D eigenvalue weighted by Crippen LogP contribution is 2.40. The van der Waals surface area contributed by atoms with Crippen LogP contribution in [-0.4, -0.2) is 28.2 Å². The molecule has 1 aliphatic heterocycles. The number of nitrogens with zero attached hydrogens (tertiary/aromatic N) is 2. The summed E-state index contributed by atoms with van der Waals surface area (Å²) in [6, 6.07) is 7.00. The zero-order valence-corrected chi connectivity index (χ0v) is 13.0. The first-order valence-electron chi connectivity index (χ1n) is 7.50. The van der Waals surface area contributed by atoms with Gasteiger partial charge in [0.2, 0.25) is 0 Å². The standard InChI is InChI=1S/C17H15FN4O2/c1-9-8-10(4-5-20-9)14-15(22-17(19)21-14)11-2-3-12-16(13(11)18)24-7-6-23-12/h2-5,8H,6-7H2,1H3,(H3,19,21,22). The van der Waals surface area contributed by atoms with Crippen LogP contribution in [0.1, 0.15) is 5.69 Å². The number of nitrogens with one attached hydrogen (secondary N) is 1. The van der Waals surface area contributed by atoms with E-state index in [4.69, 9.17) is 15.2 Å². The first-order chi connectivity index (χ1) is 11.6. The molecule has 0 saturated heterocycles. The van der Waals surface area contributed by atoms with Crippen molar-refractivity contribution in [1.82, 2.24) is 15.0 Å². The second kappa shape index (κ2) is 5.52. The third-order valence-electron chi connectivity index (χ3n) is 3.81. The molecule has 0 spiro atoms. The Morgan fingerprint density at radius 3 is 2.88 bits per heavy atom. The fraction of sp³-hybridized carbons (Fsp3) is 0.176. The Hall–Kier alpha value is -3.09. The molecule has 0 bridgehead atoms. The van der Waals surface area contributed by atoms with Crippen LogP contribution in [-0.2, 0) is 0 Å². The molecule has 0 saturated carbocycles. The first-order valence-corrected chi connectivity index (χ1v) is 7.50. The van der Waals surface area contributed by atoms with Crippen molar-refractivity contribution in [3.8, 4) is 34.0 Å². The van der Waals surface area contributed by atoms with Crippen molar-refractivity contribution in [2.45, 2.75) is 6.92 Å². The Balaban J connectivity index is 1.89. The maximum Gasteiger partial charge on any atom is 0.198 e. The quantitative estimate of drug-likeness (QED) is 0.756. The maximum absolute atomic E-state index is 14.9. The number of aromatic nitrogens is 3. The van der Waals surface area contributed by atoms with E-state index in [9.17, 15) is 4.39 Å². The third-order valence-corrected chi connectivity index (χ3v) is 3.81. The summed E-state index contributed by atoms with van der Waals surface area (Å²) in [6.07, 6.45) is 1.68. The highest BCUT2D eigenvalue weighted by atomic mass is 19.1. The molecule has 3 heterocycles. The van der Waals surface area contributed by atoms with Crippen molar-refractivity contribution in [2.75, 3.05) is 18.9 Å². The first kappa shape index (κ1) is 14.5. The van der Waals surface area contributed by atoms with E-state index in [1.807, 2.05) is 19.1 Å². The van der Waals surface area contributed by atoms with Crippen LogP contribution in [0.3, 0.4) is 0 Å². The summed E-state index contributed by atoms with van der Waals surface area (Å²) in [5.74, 6) is 0.228. The molecule has 1 aromatic carbocycles. The lowest BCUT2D eigenvalue weighted by atomic mass is 10.0. The lowest BCUT2D eigenvalue weighted by molar-refractivity contribution is 0.164. The number of rotatable bonds is 2. The van der Waals surface area contributed by atoms with Crippen molar-refractivity contribution in [1.29, 1.82) is 0 Å². The summed E-state index contributed by atoms with van der Waals surface area (Å²) in [6.45, 7) is 2.60. The number of nitrogens with two attached hydrogens (primary N) is 1. The van der Waals surface area contributed by atoms with Gasteiger partial charge in [-0.1, -0.05) is 0 Å². The van der Waals surface area contributed by atoms with Gasteiger partial charge < -0.3 is 20.2 Å². The van der Waals surface area contributed by atoms with Crippen LogP contribution in [0.15, 0.2) is 30.5 Å². The Bertz CT molecular complexity index is 923. The minimum Gasteiger partial charge on any atom is -0.486 e. The number of anilines is 1. The summed E-state index contributed by atoms with van der Waals surface area (Å²) >= 11 is 0. The Labute approximate surface area is 137 Å². The van der Waals surface area contributed by atoms with Crippen molar-refractivity contribution < 1.29 is 13.9 Å². The van der Waals surface area contributed by atoms with Gasteiger partial charge in [0, 0.05) is 23.0 Å². The number of halogens is 1. The molecule has 0 atom stereocenters. The van der Waals surface area contributed by atoms with Gasteiger partial charge in [0.15, 0.2) is 23.3 Å². The zero-order valence-electron chi connectivity index (χ0n) is 13.0. The van der Waals surface area contributed by atoms with E-state index in [-0.39, 0.29) is 11.7 Å². The van der Waals surface area contributed by atoms with Gasteiger partial charge in [0.05, 0.1) is 11.4 Å². The molecule has 0 unspecified atom stereocenters. The molecule has 4 rings (SSSR count). The maximum atomic E-state index is 14.9. The van der Waals surface area contributed by atoms with Crippen LogP contribution in [0.2, 0.25) is 0 Å². The fourth-order valence-corrected chi connectivity index (χ4v) is 2.76. The highest BCUT2D eigenvalue weighted by molar-refractivity contribution is 5.81. The van der Waals surface area contributed by atoms with Gasteiger partial charge in [-0.05, 0) is 31.2 Å². The van der Waals surface area contributed by atoms with Crippen molar-refractivity contribution in [2.24, 2.45) is 0 Å². The van der Waals surface area contributed by atoms with E-state index < -0.39 is 5.82 Å². The summed E-state index contributed by atoms with van der Waals surface area (Å²) < 4.78 is 25.7. The molecule has 0 radical (unpaired) electrons. The summed E-state index contributed by atoms with van der Waals surface area (Å²) in [5.41, 5.74) is 8.84. The summed E-state index contributed by atoms with van der Waals surface area (Å²) in [4.78, 5) is 11.4. The van der Waals surface area contributed by atoms with Gasteiger partial charge in [0.1, 0.15) is 13.2 Å². The summed E-state index contributed by atoms with van der Waals surface area (Å²) in [7, 11) is 0. The monoisotopic (exact) mass is 326 g/mol. The van der Waals surface area contributed by atoms with Gasteiger partial charge in [-0.15, -0.1) is 0 Å². The van der Waals surface area contributed by atoms with Gasteiger partial charge in [-0.3, -0.25) is 4.98 Å². The largest absolute Gasteiger partial charge is 0.486 e. The average molecular weight is 326 g/mol. The van der Waals surface area contributed by atoms with Gasteiger partial charge in [0.25, 0.3) is 0 Å². The Morgan fingerprint density at radius 2 is 2.04 bits per heavy atom. The Morgan fingerprint density at radius 1 is 1.21 bits per heavy atom. The van der Waals surface area contributed by atoms with Crippen LogP contribution in [0.5, 0.6) is 11.5 Å². The van der Waals surface area contributed by atoms with E-state index in [1.54, 1.807) is 18.3 Å². The van der Waals surface area contributed by atoms with Gasteiger partial charge in [-0.2, -0.15) is 0 Å². The molecule has 0 aliphatic carbocycles. The topological polar surface area (TPSA) is 86.0 Å². The predicted molar refractivity (Wildman–Crippen MR) is 87.4 cm³/mol. The second-order valence-corrected chi connectivity index (χ2v) is 5.48. The van der Waals surface area contributed by atoms with E-state index in [1.165, 1.54) is 0 Å². The summed E-state index contributed by atoms with van der Waals surface area (Å²) in [5, 5.41) is 0. The number of aryl methyl sites for hydroxylation is 1. The molecule has 24 heavy (non-hydrogen) atoms. The highest BCUT2D eigenvalue weighted by Gasteiger charge is 2.23. The number of nitrogen functional groups attached to an aromatic ring is 1. The van der Waals surface area contributed by atoms with Crippen molar-refractivity contribution in [3.63, 3.8) is 0 Å². The molecule has 6 nitrogen and oxygen atoms in total. The van der Waals surface area contributed by atoms with Crippen LogP contribution < -0.4 is 15.2 Å². The molecule has 3 aromatic rings. The SMILES string of the molecule is Cc1cc(-c2nc(N)[nH]c2-c2ccc3c(c2F)OCCO3)ccn1. The number of ether oxygens (including phenoxy) is 2. The van der Waals surface area contributed by atoms with Crippen LogP contribution in [0, 0.1) is 12.7 Å². The number of H-pyrrole nitrogens is 1. The smallest absolute Gasteiger partial charge is 0.198 e. The number of imidazole rings is 1. The van der Waals surface area contributed by atoms with Crippen LogP contribution >= 0.6 is 0 Å². The minimum atomic E-state index is -0.497. The number of fused-ring (bicyclic) bond motifs is 1. The molecule has 7 heteroatoms. The fourth-order valence-electron chi connectivity index (χ4n) is 2.76. The van der Waals surface area contributed by atoms with Crippen molar-refractivity contribution >= 4 is 5.95 Å². The van der Waals surface area contributed by atoms with E-state index >= 15 is 0 Å². The number of pyridine rings is 1. The lowest BCUT2D eigenvalue weighted by Crippen LogP contribution is -2.16. The van der Waals surface area contributed by atoms with Gasteiger partial charge in [-0.25, -0.2) is 9.37 Å². The molecule has 1 aliphatic rings. The molecule has 3 N–H and O–H groups in total. The Kier molecular flexibility index (Phi) is 3.34. The predicted octanol–water partition coefficient (Wildman–Crippen LogP) is 2.94. The molecule has 0 amide bonds. The molecular weight excluding hydrogens is 311 g/mol. The van der Waals surface area contributed by atoms with Crippen LogP contribution in [0.4, 0.5) is 10.3 Å². The number of aromatic amines is 1. The molecule has 0 fully saturated rings. The van der Waals surface area contributed by atoms with E-state index in [2.05, 4.69) is 15.0 Å².